The number of rotatable bonds is 16. The first-order chi connectivity index (χ1) is 10.3. The molecule has 0 spiro atoms. The van der Waals surface area contributed by atoms with Crippen LogP contribution in [0.1, 0.15) is 113 Å². The Morgan fingerprint density at radius 3 is 1.36 bits per heavy atom. The van der Waals surface area contributed by atoms with E-state index in [0.29, 0.717) is 6.42 Å². The molecule has 3 nitrogen and oxygen atoms in total. The van der Waals surface area contributed by atoms with Gasteiger partial charge in [0.25, 0.3) is 0 Å². The van der Waals surface area contributed by atoms with Crippen LogP contribution in [0.15, 0.2) is 0 Å². The maximum atomic E-state index is 10.7. The normalized spacial score (nSPS) is 10.3. The van der Waals surface area contributed by atoms with Gasteiger partial charge in [0, 0.05) is 6.42 Å². The molecule has 0 saturated carbocycles. The molecule has 1 N–H and O–H groups in total. The van der Waals surface area contributed by atoms with Gasteiger partial charge in [0.2, 0.25) is 0 Å². The summed E-state index contributed by atoms with van der Waals surface area (Å²) in [6.07, 6.45) is 20.0. The van der Waals surface area contributed by atoms with Gasteiger partial charge in [-0.15, -0.1) is 0 Å². The Labute approximate surface area is 170 Å². The maximum absolute atomic E-state index is 10.7. The fraction of sp³-hybridized carbons (Fsp3) is 0.944. The minimum Gasteiger partial charge on any atom is -1.00 e. The van der Waals surface area contributed by atoms with Gasteiger partial charge in [-0.2, -0.15) is 5.26 Å². The van der Waals surface area contributed by atoms with Gasteiger partial charge in [-0.05, 0) is 6.42 Å². The van der Waals surface area contributed by atoms with E-state index in [1.54, 1.807) is 0 Å². The van der Waals surface area contributed by atoms with Gasteiger partial charge >= 0.3 is 43.7 Å². The van der Waals surface area contributed by atoms with Crippen molar-refractivity contribution in [2.24, 2.45) is 0 Å². The number of unbranched alkanes of at least 4 members (excludes halogenated alkanes) is 14. The summed E-state index contributed by atoms with van der Waals surface area (Å²) in [6, 6.07) is 0. The summed E-state index contributed by atoms with van der Waals surface area (Å²) in [7, 11) is 0. The second kappa shape index (κ2) is 21.7. The first-order valence-corrected chi connectivity index (χ1v) is 9.15. The third-order valence-corrected chi connectivity index (χ3v) is 4.09. The van der Waals surface area contributed by atoms with Gasteiger partial charge < -0.3 is 7.74 Å². The summed E-state index contributed by atoms with van der Waals surface area (Å²) >= 11 is 0. The number of hydrogen-bond acceptors (Lipinski definition) is 3. The standard InChI is InChI=1S/C18H36O3.Ca.2H/c1-2-3-4-5-6-7-8-9-10-11-12-13-14-15-16-17-18(19)21-20;;;/h20H,2-17H2,1H3;;;/q;+2;2*-1. The molecule has 0 aliphatic carbocycles. The summed E-state index contributed by atoms with van der Waals surface area (Å²) < 4.78 is 0. The van der Waals surface area contributed by atoms with Crippen LogP contribution in [-0.2, 0) is 9.68 Å². The van der Waals surface area contributed by atoms with Crippen LogP contribution in [0.4, 0.5) is 0 Å². The molecule has 0 atom stereocenters. The van der Waals surface area contributed by atoms with E-state index < -0.39 is 5.97 Å². The zero-order chi connectivity index (χ0) is 15.6. The van der Waals surface area contributed by atoms with Gasteiger partial charge in [0.1, 0.15) is 0 Å². The average molecular weight is 343 g/mol. The van der Waals surface area contributed by atoms with Crippen molar-refractivity contribution in [3.05, 3.63) is 0 Å². The molecule has 130 valence electrons. The molecule has 0 aliphatic heterocycles. The fourth-order valence-electron chi connectivity index (χ4n) is 2.69. The molecule has 0 aliphatic rings. The molecule has 22 heavy (non-hydrogen) atoms. The van der Waals surface area contributed by atoms with E-state index in [0.717, 1.165) is 12.8 Å². The average Bonchev–Trinajstić information content (AvgIpc) is 2.50. The second-order valence-electron chi connectivity index (χ2n) is 6.16. The van der Waals surface area contributed by atoms with Crippen LogP contribution in [0.5, 0.6) is 0 Å². The molecule has 0 aromatic rings. The van der Waals surface area contributed by atoms with E-state index in [2.05, 4.69) is 11.8 Å². The molecule has 0 aromatic carbocycles. The predicted molar refractivity (Wildman–Crippen MR) is 96.2 cm³/mol. The number of carbonyl (C=O) groups is 1. The van der Waals surface area contributed by atoms with Crippen molar-refractivity contribution in [1.29, 1.82) is 0 Å². The molecule has 0 bridgehead atoms. The fourth-order valence-corrected chi connectivity index (χ4v) is 2.69. The SMILES string of the molecule is CCCCCCCCCCCCCCCCCC(=O)OO.[Ca+2].[H-].[H-]. The third-order valence-electron chi connectivity index (χ3n) is 4.09. The second-order valence-corrected chi connectivity index (χ2v) is 6.16. The van der Waals surface area contributed by atoms with Crippen LogP contribution in [0.3, 0.4) is 0 Å². The van der Waals surface area contributed by atoms with Gasteiger partial charge in [-0.25, -0.2) is 4.79 Å². The first kappa shape index (κ1) is 24.9. The minimum absolute atomic E-state index is 0. The first-order valence-electron chi connectivity index (χ1n) is 9.15. The van der Waals surface area contributed by atoms with Crippen LogP contribution >= 0.6 is 0 Å². The van der Waals surface area contributed by atoms with E-state index in [-0.39, 0.29) is 40.6 Å². The zero-order valence-corrected chi connectivity index (χ0v) is 17.0. The molecule has 0 heterocycles. The summed E-state index contributed by atoms with van der Waals surface area (Å²) in [5.74, 6) is -0.510. The predicted octanol–water partition coefficient (Wildman–Crippen LogP) is 6.11. The largest absolute Gasteiger partial charge is 2.00 e. The summed E-state index contributed by atoms with van der Waals surface area (Å²) in [6.45, 7) is 2.27. The van der Waals surface area contributed by atoms with Crippen LogP contribution < -0.4 is 0 Å². The van der Waals surface area contributed by atoms with E-state index in [1.807, 2.05) is 0 Å². The molecule has 0 fully saturated rings. The van der Waals surface area contributed by atoms with Crippen molar-refractivity contribution >= 4 is 43.7 Å². The molecular formula is C18H38CaO3. The van der Waals surface area contributed by atoms with Crippen molar-refractivity contribution in [2.45, 2.75) is 110 Å². The van der Waals surface area contributed by atoms with Gasteiger partial charge in [0.05, 0.1) is 0 Å². The minimum atomic E-state index is -0.510. The molecule has 0 unspecified atom stereocenters. The van der Waals surface area contributed by atoms with E-state index in [4.69, 9.17) is 5.26 Å². The van der Waals surface area contributed by atoms with Crippen molar-refractivity contribution < 1.29 is 17.8 Å². The Kier molecular flexibility index (Phi) is 24.6. The molecule has 0 amide bonds. The Hall–Kier alpha value is 0.690. The topological polar surface area (TPSA) is 46.5 Å². The van der Waals surface area contributed by atoms with Crippen molar-refractivity contribution in [2.75, 3.05) is 0 Å². The van der Waals surface area contributed by atoms with Gasteiger partial charge in [-0.3, -0.25) is 0 Å². The van der Waals surface area contributed by atoms with E-state index >= 15 is 0 Å². The van der Waals surface area contributed by atoms with Crippen molar-refractivity contribution in [3.8, 4) is 0 Å². The zero-order valence-electron chi connectivity index (χ0n) is 16.8. The summed E-state index contributed by atoms with van der Waals surface area (Å²) in [5.41, 5.74) is 0. The van der Waals surface area contributed by atoms with E-state index in [9.17, 15) is 4.79 Å². The van der Waals surface area contributed by atoms with Crippen molar-refractivity contribution in [3.63, 3.8) is 0 Å². The monoisotopic (exact) mass is 342 g/mol. The van der Waals surface area contributed by atoms with E-state index in [1.165, 1.54) is 83.5 Å². The van der Waals surface area contributed by atoms with Crippen LogP contribution in [0, 0.1) is 0 Å². The molecule has 0 saturated heterocycles. The summed E-state index contributed by atoms with van der Waals surface area (Å²) in [4.78, 5) is 14.3. The molecule has 0 aromatic heterocycles. The van der Waals surface area contributed by atoms with Crippen molar-refractivity contribution in [1.82, 2.24) is 0 Å². The van der Waals surface area contributed by atoms with Gasteiger partial charge in [-0.1, -0.05) is 96.8 Å². The quantitative estimate of drug-likeness (QED) is 0.159. The molecule has 4 heteroatoms. The van der Waals surface area contributed by atoms with Crippen LogP contribution in [-0.4, -0.2) is 49.0 Å². The van der Waals surface area contributed by atoms with Crippen LogP contribution in [0.2, 0.25) is 0 Å². The Bertz CT molecular complexity index is 232. The number of carbonyl (C=O) groups excluding carboxylic acids is 1. The maximum Gasteiger partial charge on any atom is 2.00 e. The molecule has 0 radical (unpaired) electrons. The Balaban J connectivity index is -0.000000667. The Morgan fingerprint density at radius 1 is 0.727 bits per heavy atom. The smallest absolute Gasteiger partial charge is 1.00 e. The van der Waals surface area contributed by atoms with Gasteiger partial charge in [0.15, 0.2) is 0 Å². The third kappa shape index (κ3) is 20.7. The summed E-state index contributed by atoms with van der Waals surface area (Å²) in [5, 5.41) is 8.10. The van der Waals surface area contributed by atoms with Crippen LogP contribution in [0.25, 0.3) is 0 Å². The Morgan fingerprint density at radius 2 is 1.05 bits per heavy atom. The molecular weight excluding hydrogens is 304 g/mol. The number of hydrogen-bond donors (Lipinski definition) is 1. The molecule has 0 rings (SSSR count).